The summed E-state index contributed by atoms with van der Waals surface area (Å²) < 4.78 is 5.99. The van der Waals surface area contributed by atoms with Gasteiger partial charge < -0.3 is 15.0 Å². The third kappa shape index (κ3) is 6.59. The molecule has 2 amide bonds. The first-order valence-electron chi connectivity index (χ1n) is 12.3. The van der Waals surface area contributed by atoms with Crippen molar-refractivity contribution in [3.63, 3.8) is 0 Å². The van der Waals surface area contributed by atoms with Crippen LogP contribution in [0.25, 0.3) is 0 Å². The highest BCUT2D eigenvalue weighted by Gasteiger charge is 2.31. The highest BCUT2D eigenvalue weighted by molar-refractivity contribution is 5.88. The lowest BCUT2D eigenvalue weighted by Gasteiger charge is -2.32. The number of aryl methyl sites for hydroxylation is 1. The Morgan fingerprint density at radius 2 is 1.73 bits per heavy atom. The molecule has 1 aliphatic rings. The Hall–Kier alpha value is -2.82. The number of carbonyl (C=O) groups excluding carboxylic acids is 2. The lowest BCUT2D eigenvalue weighted by molar-refractivity contribution is -0.143. The Balaban J connectivity index is 1.80. The van der Waals surface area contributed by atoms with Crippen LogP contribution in [0.2, 0.25) is 0 Å². The fraction of sp³-hybridized carbons (Fsp3) is 0.500. The van der Waals surface area contributed by atoms with Crippen molar-refractivity contribution in [2.75, 3.05) is 6.61 Å². The predicted molar refractivity (Wildman–Crippen MR) is 132 cm³/mol. The Morgan fingerprint density at radius 1 is 1.06 bits per heavy atom. The van der Waals surface area contributed by atoms with Crippen molar-refractivity contribution in [2.24, 2.45) is 0 Å². The minimum Gasteiger partial charge on any atom is -0.483 e. The summed E-state index contributed by atoms with van der Waals surface area (Å²) in [5, 5.41) is 3.19. The van der Waals surface area contributed by atoms with Crippen LogP contribution in [0.15, 0.2) is 48.5 Å². The van der Waals surface area contributed by atoms with Gasteiger partial charge in [0, 0.05) is 12.6 Å². The summed E-state index contributed by atoms with van der Waals surface area (Å²) in [6.45, 7) is 8.50. The molecule has 0 bridgehead atoms. The molecule has 33 heavy (non-hydrogen) atoms. The van der Waals surface area contributed by atoms with E-state index in [1.54, 1.807) is 4.90 Å². The van der Waals surface area contributed by atoms with Crippen molar-refractivity contribution in [3.05, 3.63) is 65.2 Å². The van der Waals surface area contributed by atoms with Crippen molar-refractivity contribution in [1.29, 1.82) is 0 Å². The summed E-state index contributed by atoms with van der Waals surface area (Å²) in [6, 6.07) is 15.5. The fourth-order valence-electron chi connectivity index (χ4n) is 4.57. The van der Waals surface area contributed by atoms with E-state index < -0.39 is 6.04 Å². The second-order valence-corrected chi connectivity index (χ2v) is 9.34. The molecule has 2 aromatic rings. The van der Waals surface area contributed by atoms with E-state index >= 15 is 0 Å². The standard InChI is InChI=1S/C28H38N2O3/c1-5-25(28(32)29-23-14-8-9-15-23)30(18-22-13-7-6-12-21(22)4)27(31)19-33-26-17-11-10-16-24(26)20(2)3/h6-7,10-13,16-17,20,23,25H,5,8-9,14-15,18-19H2,1-4H3,(H,29,32)/t25-/m1/s1. The molecule has 3 rings (SSSR count). The predicted octanol–water partition coefficient (Wildman–Crippen LogP) is 5.36. The number of nitrogens with one attached hydrogen (secondary N) is 1. The number of hydrogen-bond acceptors (Lipinski definition) is 3. The SMILES string of the molecule is CC[C@H](C(=O)NC1CCCC1)N(Cc1ccccc1C)C(=O)COc1ccccc1C(C)C. The van der Waals surface area contributed by atoms with Gasteiger partial charge in [0.15, 0.2) is 6.61 Å². The average molecular weight is 451 g/mol. The first-order valence-corrected chi connectivity index (χ1v) is 12.3. The van der Waals surface area contributed by atoms with Crippen molar-refractivity contribution in [3.8, 4) is 5.75 Å². The summed E-state index contributed by atoms with van der Waals surface area (Å²) >= 11 is 0. The van der Waals surface area contributed by atoms with Gasteiger partial charge >= 0.3 is 0 Å². The van der Waals surface area contributed by atoms with Crippen LogP contribution < -0.4 is 10.1 Å². The maximum Gasteiger partial charge on any atom is 0.261 e. The Morgan fingerprint density at radius 3 is 2.39 bits per heavy atom. The van der Waals surface area contributed by atoms with Crippen molar-refractivity contribution >= 4 is 11.8 Å². The van der Waals surface area contributed by atoms with E-state index in [4.69, 9.17) is 4.74 Å². The van der Waals surface area contributed by atoms with Gasteiger partial charge in [0.05, 0.1) is 0 Å². The molecule has 0 heterocycles. The van der Waals surface area contributed by atoms with Crippen LogP contribution in [0, 0.1) is 6.92 Å². The summed E-state index contributed by atoms with van der Waals surface area (Å²) in [7, 11) is 0. The monoisotopic (exact) mass is 450 g/mol. The van der Waals surface area contributed by atoms with E-state index in [9.17, 15) is 9.59 Å². The van der Waals surface area contributed by atoms with Crippen LogP contribution in [0.4, 0.5) is 0 Å². The molecule has 0 radical (unpaired) electrons. The Bertz CT molecular complexity index is 934. The number of benzene rings is 2. The maximum absolute atomic E-state index is 13.5. The van der Waals surface area contributed by atoms with E-state index in [0.717, 1.165) is 48.1 Å². The van der Waals surface area contributed by atoms with Gasteiger partial charge in [0.25, 0.3) is 5.91 Å². The zero-order valence-corrected chi connectivity index (χ0v) is 20.5. The van der Waals surface area contributed by atoms with Gasteiger partial charge in [-0.15, -0.1) is 0 Å². The van der Waals surface area contributed by atoms with Crippen LogP contribution in [0.1, 0.15) is 75.5 Å². The van der Waals surface area contributed by atoms with E-state index in [2.05, 4.69) is 19.2 Å². The van der Waals surface area contributed by atoms with Gasteiger partial charge in [0.1, 0.15) is 11.8 Å². The van der Waals surface area contributed by atoms with Crippen LogP contribution in [-0.2, 0) is 16.1 Å². The molecule has 0 unspecified atom stereocenters. The second kappa shape index (κ2) is 11.9. The van der Waals surface area contributed by atoms with Crippen LogP contribution in [-0.4, -0.2) is 35.4 Å². The number of ether oxygens (including phenoxy) is 1. The molecule has 0 spiro atoms. The summed E-state index contributed by atoms with van der Waals surface area (Å²) in [5.74, 6) is 0.777. The highest BCUT2D eigenvalue weighted by Crippen LogP contribution is 2.26. The fourth-order valence-corrected chi connectivity index (χ4v) is 4.57. The van der Waals surface area contributed by atoms with E-state index in [1.807, 2.05) is 62.4 Å². The second-order valence-electron chi connectivity index (χ2n) is 9.34. The van der Waals surface area contributed by atoms with Crippen molar-refractivity contribution in [2.45, 2.75) is 84.3 Å². The molecular formula is C28H38N2O3. The number of para-hydroxylation sites is 1. The van der Waals surface area contributed by atoms with Gasteiger partial charge in [-0.3, -0.25) is 9.59 Å². The van der Waals surface area contributed by atoms with E-state index in [0.29, 0.717) is 18.9 Å². The molecule has 0 aromatic heterocycles. The topological polar surface area (TPSA) is 58.6 Å². The molecule has 1 aliphatic carbocycles. The lowest BCUT2D eigenvalue weighted by atomic mass is 10.0. The molecule has 2 aromatic carbocycles. The molecule has 1 saturated carbocycles. The third-order valence-electron chi connectivity index (χ3n) is 6.58. The minimum atomic E-state index is -0.526. The van der Waals surface area contributed by atoms with Crippen LogP contribution >= 0.6 is 0 Å². The van der Waals surface area contributed by atoms with E-state index in [1.165, 1.54) is 0 Å². The largest absolute Gasteiger partial charge is 0.483 e. The van der Waals surface area contributed by atoms with Gasteiger partial charge in [-0.2, -0.15) is 0 Å². The molecule has 1 fully saturated rings. The summed E-state index contributed by atoms with van der Waals surface area (Å²) in [6.07, 6.45) is 4.89. The number of carbonyl (C=O) groups is 2. The quantitative estimate of drug-likeness (QED) is 0.530. The van der Waals surface area contributed by atoms with Crippen LogP contribution in [0.3, 0.4) is 0 Å². The summed E-state index contributed by atoms with van der Waals surface area (Å²) in [4.78, 5) is 28.4. The van der Waals surface area contributed by atoms with Crippen molar-refractivity contribution < 1.29 is 14.3 Å². The number of hydrogen-bond donors (Lipinski definition) is 1. The number of nitrogens with zero attached hydrogens (tertiary/aromatic N) is 1. The zero-order valence-electron chi connectivity index (χ0n) is 20.5. The average Bonchev–Trinajstić information content (AvgIpc) is 3.31. The minimum absolute atomic E-state index is 0.0612. The smallest absolute Gasteiger partial charge is 0.261 e. The highest BCUT2D eigenvalue weighted by atomic mass is 16.5. The van der Waals surface area contributed by atoms with Gasteiger partial charge in [-0.1, -0.05) is 76.1 Å². The number of amides is 2. The van der Waals surface area contributed by atoms with Gasteiger partial charge in [-0.25, -0.2) is 0 Å². The van der Waals surface area contributed by atoms with Crippen LogP contribution in [0.5, 0.6) is 5.75 Å². The Kier molecular flexibility index (Phi) is 8.93. The molecule has 0 aliphatic heterocycles. The molecule has 1 N–H and O–H groups in total. The first-order chi connectivity index (χ1) is 15.9. The molecular weight excluding hydrogens is 412 g/mol. The molecule has 1 atom stereocenters. The van der Waals surface area contributed by atoms with Gasteiger partial charge in [0.2, 0.25) is 5.91 Å². The molecule has 5 nitrogen and oxygen atoms in total. The molecule has 178 valence electrons. The lowest BCUT2D eigenvalue weighted by Crippen LogP contribution is -2.52. The van der Waals surface area contributed by atoms with Crippen molar-refractivity contribution in [1.82, 2.24) is 10.2 Å². The normalized spacial score (nSPS) is 14.8. The van der Waals surface area contributed by atoms with Gasteiger partial charge in [-0.05, 0) is 54.9 Å². The zero-order chi connectivity index (χ0) is 23.8. The molecule has 5 heteroatoms. The maximum atomic E-state index is 13.5. The third-order valence-corrected chi connectivity index (χ3v) is 6.58. The summed E-state index contributed by atoms with van der Waals surface area (Å²) in [5.41, 5.74) is 3.22. The Labute approximate surface area is 198 Å². The van der Waals surface area contributed by atoms with E-state index in [-0.39, 0.29) is 24.5 Å². The first kappa shape index (κ1) is 24.8. The molecule has 0 saturated heterocycles. The number of rotatable bonds is 10.